The molecule has 0 saturated carbocycles. The fourth-order valence-corrected chi connectivity index (χ4v) is 3.03. The second-order valence-corrected chi connectivity index (χ2v) is 6.52. The number of guanidine groups is 1. The highest BCUT2D eigenvalue weighted by atomic mass is 32.2. The predicted molar refractivity (Wildman–Crippen MR) is 97.5 cm³/mol. The first-order valence-electron chi connectivity index (χ1n) is 7.62. The number of nitrogens with two attached hydrogens (primary N) is 1. The van der Waals surface area contributed by atoms with Gasteiger partial charge >= 0.3 is 0 Å². The third-order valence-electron chi connectivity index (χ3n) is 3.74. The summed E-state index contributed by atoms with van der Waals surface area (Å²) in [7, 11) is 0. The van der Waals surface area contributed by atoms with E-state index in [0.29, 0.717) is 11.9 Å². The molecule has 0 bridgehead atoms. The molecule has 0 aliphatic carbocycles. The summed E-state index contributed by atoms with van der Waals surface area (Å²) >= 11 is 1.37. The number of hydrazone groups is 1. The van der Waals surface area contributed by atoms with Crippen molar-refractivity contribution >= 4 is 23.6 Å². The van der Waals surface area contributed by atoms with Crippen LogP contribution in [-0.2, 0) is 0 Å². The van der Waals surface area contributed by atoms with E-state index in [1.807, 2.05) is 30.3 Å². The van der Waals surface area contributed by atoms with Crippen LogP contribution in [-0.4, -0.2) is 23.2 Å². The molecule has 0 fully saturated rings. The molecule has 0 spiro atoms. The fourth-order valence-electron chi connectivity index (χ4n) is 2.45. The topological polar surface area (TPSA) is 54.0 Å². The van der Waals surface area contributed by atoms with E-state index in [-0.39, 0.29) is 0 Å². The molecule has 2 aromatic carbocycles. The minimum Gasteiger partial charge on any atom is -0.368 e. The monoisotopic (exact) mass is 324 g/mol. The van der Waals surface area contributed by atoms with Crippen molar-refractivity contribution in [3.05, 3.63) is 65.7 Å². The largest absolute Gasteiger partial charge is 0.368 e. The molecule has 1 heterocycles. The van der Waals surface area contributed by atoms with Crippen molar-refractivity contribution in [3.63, 3.8) is 0 Å². The van der Waals surface area contributed by atoms with E-state index in [0.717, 1.165) is 22.7 Å². The molecule has 4 nitrogen and oxygen atoms in total. The van der Waals surface area contributed by atoms with Crippen LogP contribution < -0.4 is 5.73 Å². The summed E-state index contributed by atoms with van der Waals surface area (Å²) in [5.74, 6) is 0.765. The van der Waals surface area contributed by atoms with Gasteiger partial charge in [-0.3, -0.25) is 0 Å². The van der Waals surface area contributed by atoms with E-state index in [4.69, 9.17) is 5.73 Å². The molecule has 23 heavy (non-hydrogen) atoms. The number of hydrogen-bond acceptors (Lipinski definition) is 3. The molecule has 5 heteroatoms. The van der Waals surface area contributed by atoms with Crippen molar-refractivity contribution in [2.24, 2.45) is 21.2 Å². The van der Waals surface area contributed by atoms with E-state index in [1.54, 1.807) is 5.01 Å². The van der Waals surface area contributed by atoms with Gasteiger partial charge in [0.15, 0.2) is 0 Å². The molecule has 3 rings (SSSR count). The summed E-state index contributed by atoms with van der Waals surface area (Å²) in [6.07, 6.45) is 0. The van der Waals surface area contributed by atoms with Gasteiger partial charge in [-0.2, -0.15) is 9.50 Å². The lowest BCUT2D eigenvalue weighted by atomic mass is 9.99. The zero-order valence-corrected chi connectivity index (χ0v) is 14.1. The van der Waals surface area contributed by atoms with Gasteiger partial charge < -0.3 is 5.73 Å². The van der Waals surface area contributed by atoms with Crippen LogP contribution in [0.2, 0.25) is 0 Å². The first-order chi connectivity index (χ1) is 11.1. The molecule has 1 unspecified atom stereocenters. The minimum atomic E-state index is 0.327. The first kappa shape index (κ1) is 15.6. The van der Waals surface area contributed by atoms with Crippen LogP contribution in [0.25, 0.3) is 0 Å². The summed E-state index contributed by atoms with van der Waals surface area (Å²) < 4.78 is 4.38. The molecule has 0 amide bonds. The van der Waals surface area contributed by atoms with Crippen LogP contribution in [0.1, 0.15) is 18.1 Å². The molecule has 0 saturated heterocycles. The molecule has 0 aromatic heterocycles. The van der Waals surface area contributed by atoms with E-state index >= 15 is 0 Å². The van der Waals surface area contributed by atoms with Gasteiger partial charge in [-0.15, -0.1) is 0 Å². The van der Waals surface area contributed by atoms with Gasteiger partial charge in [0.05, 0.1) is 12.3 Å². The van der Waals surface area contributed by atoms with Crippen LogP contribution in [0.3, 0.4) is 0 Å². The second-order valence-electron chi connectivity index (χ2n) is 5.69. The zero-order valence-electron chi connectivity index (χ0n) is 13.3. The highest BCUT2D eigenvalue weighted by Crippen LogP contribution is 2.22. The van der Waals surface area contributed by atoms with Gasteiger partial charge in [-0.25, -0.2) is 5.01 Å². The van der Waals surface area contributed by atoms with Crippen molar-refractivity contribution in [2.45, 2.75) is 18.7 Å². The third kappa shape index (κ3) is 3.74. The molecular formula is C18H20N4S. The maximum atomic E-state index is 6.10. The first-order valence-corrected chi connectivity index (χ1v) is 8.39. The van der Waals surface area contributed by atoms with Crippen LogP contribution >= 0.6 is 11.9 Å². The van der Waals surface area contributed by atoms with Gasteiger partial charge in [0, 0.05) is 22.8 Å². The van der Waals surface area contributed by atoms with Gasteiger partial charge in [0.25, 0.3) is 0 Å². The highest BCUT2D eigenvalue weighted by Gasteiger charge is 2.25. The molecule has 1 aliphatic heterocycles. The van der Waals surface area contributed by atoms with Crippen molar-refractivity contribution in [1.82, 2.24) is 5.01 Å². The van der Waals surface area contributed by atoms with E-state index in [9.17, 15) is 0 Å². The maximum Gasteiger partial charge on any atom is 0.224 e. The van der Waals surface area contributed by atoms with E-state index < -0.39 is 0 Å². The molecule has 1 aliphatic rings. The Morgan fingerprint density at radius 1 is 1.17 bits per heavy atom. The standard InChI is InChI=1S/C18H20N4S/c1-13-8-10-15(11-9-13)17-14(2)12-22(20-17)18(19)21-23-16-6-4-3-5-7-16/h3-11,14H,12H2,1-2H3,(H2,19,21). The smallest absolute Gasteiger partial charge is 0.224 e. The van der Waals surface area contributed by atoms with Crippen LogP contribution in [0.5, 0.6) is 0 Å². The summed E-state index contributed by atoms with van der Waals surface area (Å²) in [5, 5.41) is 6.45. The van der Waals surface area contributed by atoms with Gasteiger partial charge in [-0.1, -0.05) is 55.0 Å². The molecule has 2 aromatic rings. The number of hydrogen-bond donors (Lipinski definition) is 1. The van der Waals surface area contributed by atoms with Crippen molar-refractivity contribution in [2.75, 3.05) is 6.54 Å². The fraction of sp³-hybridized carbons (Fsp3) is 0.222. The Hall–Kier alpha value is -2.27. The Kier molecular flexibility index (Phi) is 4.67. The van der Waals surface area contributed by atoms with Crippen molar-refractivity contribution in [3.8, 4) is 0 Å². The minimum absolute atomic E-state index is 0.327. The van der Waals surface area contributed by atoms with Gasteiger partial charge in [0.1, 0.15) is 0 Å². The Morgan fingerprint density at radius 3 is 2.57 bits per heavy atom. The Morgan fingerprint density at radius 2 is 1.87 bits per heavy atom. The molecular weight excluding hydrogens is 304 g/mol. The van der Waals surface area contributed by atoms with Crippen LogP contribution in [0, 0.1) is 12.8 Å². The van der Waals surface area contributed by atoms with Crippen LogP contribution in [0.15, 0.2) is 69.0 Å². The Balaban J connectivity index is 1.74. The molecule has 0 radical (unpaired) electrons. The number of rotatable bonds is 3. The molecule has 118 valence electrons. The average molecular weight is 324 g/mol. The van der Waals surface area contributed by atoms with Crippen LogP contribution in [0.4, 0.5) is 0 Å². The SMILES string of the molecule is Cc1ccc(C2=NN(/C(N)=N/Sc3ccccc3)CC2C)cc1. The lowest BCUT2D eigenvalue weighted by Gasteiger charge is -2.12. The van der Waals surface area contributed by atoms with Crippen molar-refractivity contribution in [1.29, 1.82) is 0 Å². The Bertz CT molecular complexity index is 722. The third-order valence-corrected chi connectivity index (χ3v) is 4.50. The summed E-state index contributed by atoms with van der Waals surface area (Å²) in [6, 6.07) is 18.4. The average Bonchev–Trinajstić information content (AvgIpc) is 2.96. The zero-order chi connectivity index (χ0) is 16.2. The lowest BCUT2D eigenvalue weighted by molar-refractivity contribution is 0.452. The molecule has 1 atom stereocenters. The summed E-state index contributed by atoms with van der Waals surface area (Å²) in [5.41, 5.74) is 9.56. The second kappa shape index (κ2) is 6.87. The summed E-state index contributed by atoms with van der Waals surface area (Å²) in [6.45, 7) is 5.01. The summed E-state index contributed by atoms with van der Waals surface area (Å²) in [4.78, 5) is 1.06. The molecule has 2 N–H and O–H groups in total. The van der Waals surface area contributed by atoms with Gasteiger partial charge in [-0.05, 0) is 24.6 Å². The number of benzene rings is 2. The van der Waals surface area contributed by atoms with E-state index in [2.05, 4.69) is 47.6 Å². The number of nitrogens with zero attached hydrogens (tertiary/aromatic N) is 3. The maximum absolute atomic E-state index is 6.10. The Labute approximate surface area is 141 Å². The normalized spacial score (nSPS) is 18.2. The quantitative estimate of drug-likeness (QED) is 0.532. The lowest BCUT2D eigenvalue weighted by Crippen LogP contribution is -2.32. The predicted octanol–water partition coefficient (Wildman–Crippen LogP) is 3.67. The van der Waals surface area contributed by atoms with Crippen molar-refractivity contribution < 1.29 is 0 Å². The number of aryl methyl sites for hydroxylation is 1. The highest BCUT2D eigenvalue weighted by molar-refractivity contribution is 7.98. The van der Waals surface area contributed by atoms with E-state index in [1.165, 1.54) is 17.5 Å². The van der Waals surface area contributed by atoms with Gasteiger partial charge in [0.2, 0.25) is 5.96 Å².